The van der Waals surface area contributed by atoms with Gasteiger partial charge in [-0.3, -0.25) is 9.59 Å². The van der Waals surface area contributed by atoms with Crippen LogP contribution >= 0.6 is 11.6 Å². The van der Waals surface area contributed by atoms with E-state index in [1.54, 1.807) is 30.4 Å². The lowest BCUT2D eigenvalue weighted by Gasteiger charge is -2.45. The van der Waals surface area contributed by atoms with Crippen LogP contribution < -0.4 is 14.4 Å². The van der Waals surface area contributed by atoms with Crippen LogP contribution in [0.25, 0.3) is 0 Å². The highest BCUT2D eigenvalue weighted by Gasteiger charge is 2.44. The fourth-order valence-corrected chi connectivity index (χ4v) is 9.09. The van der Waals surface area contributed by atoms with Gasteiger partial charge >= 0.3 is 5.97 Å². The average molecular weight is 643 g/mol. The molecule has 1 amide bonds. The maximum Gasteiger partial charge on any atom is 0.303 e. The van der Waals surface area contributed by atoms with E-state index >= 15 is 0 Å². The van der Waals surface area contributed by atoms with E-state index in [0.29, 0.717) is 36.9 Å². The zero-order chi connectivity index (χ0) is 31.1. The number of nitrogens with zero attached hydrogens (tertiary/aromatic N) is 1. The fraction of sp³-hybridized carbons (Fsp3) is 0.515. The Bertz CT molecular complexity index is 1580. The Morgan fingerprint density at radius 2 is 2.00 bits per heavy atom. The van der Waals surface area contributed by atoms with Gasteiger partial charge in [-0.1, -0.05) is 29.8 Å². The van der Waals surface area contributed by atoms with Crippen molar-refractivity contribution in [3.63, 3.8) is 0 Å². The number of hydrogen-bond donors (Lipinski definition) is 3. The number of aliphatic hydroxyl groups is 1. The minimum atomic E-state index is -4.18. The maximum atomic E-state index is 13.4. The highest BCUT2D eigenvalue weighted by molar-refractivity contribution is 7.90. The Hall–Kier alpha value is -3.08. The van der Waals surface area contributed by atoms with Gasteiger partial charge in [0.1, 0.15) is 5.75 Å². The van der Waals surface area contributed by atoms with E-state index in [4.69, 9.17) is 16.3 Å². The van der Waals surface area contributed by atoms with Crippen molar-refractivity contribution in [2.45, 2.75) is 74.6 Å². The zero-order valence-corrected chi connectivity index (χ0v) is 26.2. The van der Waals surface area contributed by atoms with Gasteiger partial charge in [0.25, 0.3) is 5.91 Å². The van der Waals surface area contributed by atoms with E-state index in [-0.39, 0.29) is 42.1 Å². The number of nitrogens with one attached hydrogen (secondary N) is 1. The molecule has 5 atom stereocenters. The molecule has 4 aliphatic rings. The third-order valence-electron chi connectivity index (χ3n) is 10.0. The standard InChI is InChI=1S/C33H39ClN2O7S/c34-24-9-12-27-21(16-24)4-3-15-33(27)19-36-18-23-7-11-26(23)29(37)6-2-1-5-25(10-14-31(38)39)44(41,42)35-32(40)22-8-13-30(43-20-33)28(36)17-22/h2,6,8-9,12-13,16-17,23,25-26,29,37H,1,3-5,7,10-11,14-15,18-20H2,(H,35,40)(H,38,39)/b6-2-/t23-,25+,26+,29-,33-/m0/s1. The Balaban J connectivity index is 1.39. The molecule has 0 saturated heterocycles. The van der Waals surface area contributed by atoms with Crippen LogP contribution in [0.4, 0.5) is 5.69 Å². The van der Waals surface area contributed by atoms with E-state index < -0.39 is 33.3 Å². The number of carbonyl (C=O) groups excluding carboxylic acids is 1. The van der Waals surface area contributed by atoms with Crippen molar-refractivity contribution in [2.24, 2.45) is 11.8 Å². The molecule has 1 saturated carbocycles. The number of carboxylic acid groups (broad SMARTS) is 1. The second-order valence-corrected chi connectivity index (χ2v) is 15.2. The number of amides is 1. The molecule has 3 N–H and O–H groups in total. The van der Waals surface area contributed by atoms with Crippen LogP contribution in [0.2, 0.25) is 5.02 Å². The zero-order valence-electron chi connectivity index (χ0n) is 24.6. The third-order valence-corrected chi connectivity index (χ3v) is 12.1. The van der Waals surface area contributed by atoms with Crippen LogP contribution in [-0.4, -0.2) is 61.6 Å². The predicted molar refractivity (Wildman–Crippen MR) is 168 cm³/mol. The number of carbonyl (C=O) groups is 2. The van der Waals surface area contributed by atoms with E-state index in [1.165, 1.54) is 11.1 Å². The van der Waals surface area contributed by atoms with E-state index in [0.717, 1.165) is 37.8 Å². The summed E-state index contributed by atoms with van der Waals surface area (Å²) in [6, 6.07) is 11.1. The molecule has 2 heterocycles. The van der Waals surface area contributed by atoms with Gasteiger partial charge in [0, 0.05) is 35.5 Å². The van der Waals surface area contributed by atoms with Crippen molar-refractivity contribution in [3.8, 4) is 5.75 Å². The summed E-state index contributed by atoms with van der Waals surface area (Å²) < 4.78 is 35.4. The van der Waals surface area contributed by atoms with Crippen LogP contribution in [0.3, 0.4) is 0 Å². The fourth-order valence-electron chi connectivity index (χ4n) is 7.48. The summed E-state index contributed by atoms with van der Waals surface area (Å²) in [5, 5.41) is 19.9. The molecule has 44 heavy (non-hydrogen) atoms. The summed E-state index contributed by atoms with van der Waals surface area (Å²) >= 11 is 6.37. The van der Waals surface area contributed by atoms with Crippen LogP contribution in [0.5, 0.6) is 5.75 Å². The Morgan fingerprint density at radius 3 is 2.77 bits per heavy atom. The van der Waals surface area contributed by atoms with E-state index in [2.05, 4.69) is 15.7 Å². The maximum absolute atomic E-state index is 13.4. The van der Waals surface area contributed by atoms with Gasteiger partial charge in [-0.2, -0.15) is 0 Å². The van der Waals surface area contributed by atoms with Crippen molar-refractivity contribution in [1.29, 1.82) is 0 Å². The average Bonchev–Trinajstić information content (AvgIpc) is 3.10. The number of aryl methyl sites for hydroxylation is 1. The first kappa shape index (κ1) is 30.9. The first-order valence-electron chi connectivity index (χ1n) is 15.5. The largest absolute Gasteiger partial charge is 0.490 e. The molecular formula is C33H39ClN2O7S. The van der Waals surface area contributed by atoms with Gasteiger partial charge < -0.3 is 19.8 Å². The molecular weight excluding hydrogens is 604 g/mol. The SMILES string of the molecule is O=C(O)CC[C@H]1CC/C=C\[C@H](O)[C@@H]2CC[C@H]2CN2C[C@@]3(CCCc4cc(Cl)ccc43)COc3ccc(cc32)C(=O)NS1(=O)=O. The molecule has 2 aliphatic heterocycles. The monoisotopic (exact) mass is 642 g/mol. The molecule has 2 aliphatic carbocycles. The smallest absolute Gasteiger partial charge is 0.303 e. The minimum Gasteiger partial charge on any atom is -0.490 e. The molecule has 0 aromatic heterocycles. The summed E-state index contributed by atoms with van der Waals surface area (Å²) in [4.78, 5) is 26.9. The summed E-state index contributed by atoms with van der Waals surface area (Å²) in [6.07, 6.45) is 7.57. The number of anilines is 1. The van der Waals surface area contributed by atoms with Crippen molar-refractivity contribution in [1.82, 2.24) is 4.72 Å². The van der Waals surface area contributed by atoms with Gasteiger partial charge in [0.15, 0.2) is 0 Å². The third kappa shape index (κ3) is 6.21. The number of hydrogen-bond acceptors (Lipinski definition) is 7. The topological polar surface area (TPSA) is 133 Å². The highest BCUT2D eigenvalue weighted by Crippen LogP contribution is 2.46. The van der Waals surface area contributed by atoms with Gasteiger partial charge in [-0.25, -0.2) is 13.1 Å². The number of fused-ring (bicyclic) bond motifs is 4. The molecule has 2 aromatic rings. The summed E-state index contributed by atoms with van der Waals surface area (Å²) in [6.45, 7) is 1.76. The molecule has 0 unspecified atom stereocenters. The van der Waals surface area contributed by atoms with E-state index in [1.807, 2.05) is 12.1 Å². The minimum absolute atomic E-state index is 0.0539. The van der Waals surface area contributed by atoms with Crippen LogP contribution in [0.1, 0.15) is 72.9 Å². The number of carboxylic acids is 1. The van der Waals surface area contributed by atoms with E-state index in [9.17, 15) is 28.2 Å². The van der Waals surface area contributed by atoms with Gasteiger partial charge in [-0.05, 0) is 105 Å². The number of allylic oxidation sites excluding steroid dienone is 1. The lowest BCUT2D eigenvalue weighted by molar-refractivity contribution is -0.137. The Morgan fingerprint density at radius 1 is 1.16 bits per heavy atom. The number of sulfonamides is 1. The molecule has 2 bridgehead atoms. The summed E-state index contributed by atoms with van der Waals surface area (Å²) in [5.41, 5.74) is 3.04. The van der Waals surface area contributed by atoms with Crippen molar-refractivity contribution in [2.75, 3.05) is 24.6 Å². The van der Waals surface area contributed by atoms with Crippen LogP contribution in [0.15, 0.2) is 48.6 Å². The molecule has 9 nitrogen and oxygen atoms in total. The summed E-state index contributed by atoms with van der Waals surface area (Å²) in [7, 11) is -4.18. The number of benzene rings is 2. The van der Waals surface area contributed by atoms with Gasteiger partial charge in [-0.15, -0.1) is 0 Å². The molecule has 6 rings (SSSR count). The number of aliphatic hydroxyl groups excluding tert-OH is 1. The molecule has 0 radical (unpaired) electrons. The van der Waals surface area contributed by atoms with Gasteiger partial charge in [0.05, 0.1) is 23.6 Å². The Kier molecular flexibility index (Phi) is 8.69. The molecule has 236 valence electrons. The lowest BCUT2D eigenvalue weighted by atomic mass is 9.68. The first-order chi connectivity index (χ1) is 21.0. The number of aliphatic carboxylic acids is 1. The van der Waals surface area contributed by atoms with Crippen molar-refractivity contribution in [3.05, 3.63) is 70.3 Å². The number of rotatable bonds is 3. The second kappa shape index (κ2) is 12.4. The summed E-state index contributed by atoms with van der Waals surface area (Å²) in [5.74, 6) is -0.963. The Labute approximate surface area is 263 Å². The highest BCUT2D eigenvalue weighted by atomic mass is 35.5. The second-order valence-electron chi connectivity index (χ2n) is 12.8. The normalized spacial score (nSPS) is 30.5. The first-order valence-corrected chi connectivity index (χ1v) is 17.4. The van der Waals surface area contributed by atoms with Crippen LogP contribution in [0, 0.1) is 11.8 Å². The van der Waals surface area contributed by atoms with Crippen molar-refractivity contribution >= 4 is 39.2 Å². The number of halogens is 1. The molecule has 1 spiro atoms. The van der Waals surface area contributed by atoms with Crippen molar-refractivity contribution < 1.29 is 33.0 Å². The van der Waals surface area contributed by atoms with Crippen LogP contribution in [-0.2, 0) is 26.7 Å². The van der Waals surface area contributed by atoms with Gasteiger partial charge in [0.2, 0.25) is 10.0 Å². The lowest BCUT2D eigenvalue weighted by Crippen LogP contribution is -2.49. The predicted octanol–water partition coefficient (Wildman–Crippen LogP) is 4.84. The molecule has 2 aromatic carbocycles. The quantitative estimate of drug-likeness (QED) is 0.405. The molecule has 1 fully saturated rings. The molecule has 11 heteroatoms. The number of ether oxygens (including phenoxy) is 1.